The largest absolute Gasteiger partial charge is 0.464 e. The summed E-state index contributed by atoms with van der Waals surface area (Å²) < 4.78 is 5.10. The fraction of sp³-hybridized carbons (Fsp3) is 0.500. The quantitative estimate of drug-likeness (QED) is 0.801. The van der Waals surface area contributed by atoms with Crippen LogP contribution >= 0.6 is 0 Å². The van der Waals surface area contributed by atoms with Gasteiger partial charge in [-0.3, -0.25) is 4.90 Å². The number of rotatable bonds is 4. The zero-order chi connectivity index (χ0) is 15.5. The van der Waals surface area contributed by atoms with Gasteiger partial charge in [-0.15, -0.1) is 0 Å². The van der Waals surface area contributed by atoms with E-state index in [0.29, 0.717) is 19.7 Å². The van der Waals surface area contributed by atoms with Crippen molar-refractivity contribution in [3.63, 3.8) is 0 Å². The van der Waals surface area contributed by atoms with E-state index < -0.39 is 5.54 Å². The molecule has 0 radical (unpaired) electrons. The number of para-hydroxylation sites is 1. The predicted molar refractivity (Wildman–Crippen MR) is 81.2 cm³/mol. The smallest absolute Gasteiger partial charge is 0.331 e. The molecule has 2 amide bonds. The minimum atomic E-state index is -0.958. The topological polar surface area (TPSA) is 49.9 Å². The maximum Gasteiger partial charge on any atom is 0.331 e. The number of nitrogens with zero attached hydrogens (tertiary/aromatic N) is 2. The van der Waals surface area contributed by atoms with Gasteiger partial charge in [0.05, 0.1) is 6.61 Å². The van der Waals surface area contributed by atoms with Crippen LogP contribution in [0.3, 0.4) is 0 Å². The van der Waals surface area contributed by atoms with Crippen LogP contribution in [0.2, 0.25) is 0 Å². The maximum absolute atomic E-state index is 12.7. The predicted octanol–water partition coefficient (Wildman–Crippen LogP) is 2.66. The second-order valence-electron chi connectivity index (χ2n) is 5.55. The summed E-state index contributed by atoms with van der Waals surface area (Å²) in [7, 11) is 0. The Morgan fingerprint density at radius 1 is 1.24 bits per heavy atom. The van der Waals surface area contributed by atoms with Crippen LogP contribution < -0.4 is 4.90 Å². The van der Waals surface area contributed by atoms with Crippen LogP contribution in [-0.2, 0) is 9.53 Å². The Bertz CT molecular complexity index is 514. The molecule has 0 N–H and O–H groups in total. The Kier molecular flexibility index (Phi) is 4.50. The highest BCUT2D eigenvalue weighted by atomic mass is 16.5. The van der Waals surface area contributed by atoms with Crippen LogP contribution in [0, 0.1) is 0 Å². The molecule has 0 aliphatic carbocycles. The lowest BCUT2D eigenvalue weighted by Crippen LogP contribution is -2.61. The molecular formula is C16H22N2O3. The number of anilines is 1. The molecule has 0 spiro atoms. The second-order valence-corrected chi connectivity index (χ2v) is 5.55. The van der Waals surface area contributed by atoms with Crippen LogP contribution in [0.5, 0.6) is 0 Å². The molecule has 1 aromatic rings. The van der Waals surface area contributed by atoms with E-state index in [9.17, 15) is 9.59 Å². The zero-order valence-electron chi connectivity index (χ0n) is 12.8. The number of amides is 2. The average molecular weight is 290 g/mol. The van der Waals surface area contributed by atoms with Gasteiger partial charge in [-0.2, -0.15) is 0 Å². The first-order valence-corrected chi connectivity index (χ1v) is 7.30. The van der Waals surface area contributed by atoms with Gasteiger partial charge in [0.1, 0.15) is 5.54 Å². The number of hydrogen-bond acceptors (Lipinski definition) is 3. The lowest BCUT2D eigenvalue weighted by Gasteiger charge is -2.43. The van der Waals surface area contributed by atoms with E-state index in [-0.39, 0.29) is 12.0 Å². The molecular weight excluding hydrogens is 268 g/mol. The van der Waals surface area contributed by atoms with E-state index in [1.54, 1.807) is 30.6 Å². The molecule has 114 valence electrons. The van der Waals surface area contributed by atoms with Crippen molar-refractivity contribution in [1.82, 2.24) is 4.90 Å². The Balaban J connectivity index is 2.22. The molecule has 21 heavy (non-hydrogen) atoms. The van der Waals surface area contributed by atoms with Crippen LogP contribution in [0.4, 0.5) is 10.5 Å². The number of esters is 1. The first-order chi connectivity index (χ1) is 9.98. The van der Waals surface area contributed by atoms with Crippen LogP contribution in [0.15, 0.2) is 30.3 Å². The fourth-order valence-electron chi connectivity index (χ4n) is 2.51. The molecule has 1 fully saturated rings. The summed E-state index contributed by atoms with van der Waals surface area (Å²) in [5.41, 5.74) is -0.104. The van der Waals surface area contributed by atoms with Crippen molar-refractivity contribution in [2.24, 2.45) is 0 Å². The molecule has 0 unspecified atom stereocenters. The normalized spacial score (nSPS) is 16.0. The Morgan fingerprint density at radius 2 is 1.90 bits per heavy atom. The highest BCUT2D eigenvalue weighted by molar-refractivity contribution is 5.96. The third-order valence-electron chi connectivity index (χ3n) is 3.74. The Hall–Kier alpha value is -2.04. The molecule has 5 heteroatoms. The van der Waals surface area contributed by atoms with Gasteiger partial charge >= 0.3 is 12.0 Å². The van der Waals surface area contributed by atoms with Crippen molar-refractivity contribution in [3.8, 4) is 0 Å². The maximum atomic E-state index is 12.7. The highest BCUT2D eigenvalue weighted by Crippen LogP contribution is 2.26. The van der Waals surface area contributed by atoms with E-state index in [1.807, 2.05) is 30.3 Å². The third kappa shape index (κ3) is 3.01. The molecule has 0 saturated carbocycles. The second kappa shape index (κ2) is 6.16. The van der Waals surface area contributed by atoms with E-state index in [4.69, 9.17) is 4.74 Å². The van der Waals surface area contributed by atoms with Crippen molar-refractivity contribution in [2.75, 3.05) is 24.6 Å². The molecule has 2 rings (SSSR count). The summed E-state index contributed by atoms with van der Waals surface area (Å²) in [6.45, 7) is 6.77. The number of ether oxygens (including phenoxy) is 1. The molecule has 1 aliphatic rings. The Morgan fingerprint density at radius 3 is 2.52 bits per heavy atom. The number of hydrogen-bond donors (Lipinski definition) is 0. The minimum Gasteiger partial charge on any atom is -0.464 e. The summed E-state index contributed by atoms with van der Waals surface area (Å²) >= 11 is 0. The van der Waals surface area contributed by atoms with Crippen LogP contribution in [0.25, 0.3) is 0 Å². The van der Waals surface area contributed by atoms with Crippen molar-refractivity contribution in [3.05, 3.63) is 30.3 Å². The van der Waals surface area contributed by atoms with Gasteiger partial charge in [-0.05, 0) is 39.3 Å². The van der Waals surface area contributed by atoms with E-state index >= 15 is 0 Å². The summed E-state index contributed by atoms with van der Waals surface area (Å²) in [5.74, 6) is -0.367. The molecule has 0 aromatic heterocycles. The van der Waals surface area contributed by atoms with Gasteiger partial charge in [-0.25, -0.2) is 9.59 Å². The average Bonchev–Trinajstić information content (AvgIpc) is 2.48. The van der Waals surface area contributed by atoms with Gasteiger partial charge < -0.3 is 9.64 Å². The van der Waals surface area contributed by atoms with Crippen molar-refractivity contribution in [1.29, 1.82) is 0 Å². The number of urea groups is 1. The molecule has 0 bridgehead atoms. The van der Waals surface area contributed by atoms with E-state index in [2.05, 4.69) is 0 Å². The number of carbonyl (C=O) groups is 2. The van der Waals surface area contributed by atoms with Gasteiger partial charge in [0.25, 0.3) is 0 Å². The van der Waals surface area contributed by atoms with Crippen molar-refractivity contribution < 1.29 is 14.3 Å². The van der Waals surface area contributed by atoms with Gasteiger partial charge in [0, 0.05) is 18.8 Å². The van der Waals surface area contributed by atoms with Gasteiger partial charge in [-0.1, -0.05) is 18.2 Å². The standard InChI is InChI=1S/C16H22N2O3/c1-4-21-14(19)16(2,3)18-12-8-11-17(15(18)20)13-9-6-5-7-10-13/h5-7,9-10H,4,8,11-12H2,1-3H3. The fourth-order valence-corrected chi connectivity index (χ4v) is 2.51. The van der Waals surface area contributed by atoms with Gasteiger partial charge in [0.2, 0.25) is 0 Å². The lowest BCUT2D eigenvalue weighted by atomic mass is 10.0. The molecule has 0 atom stereocenters. The third-order valence-corrected chi connectivity index (χ3v) is 3.74. The summed E-state index contributed by atoms with van der Waals surface area (Å²) in [6.07, 6.45) is 0.823. The van der Waals surface area contributed by atoms with E-state index in [0.717, 1.165) is 12.1 Å². The summed E-state index contributed by atoms with van der Waals surface area (Å²) in [5, 5.41) is 0. The highest BCUT2D eigenvalue weighted by Gasteiger charge is 2.42. The molecule has 5 nitrogen and oxygen atoms in total. The van der Waals surface area contributed by atoms with Crippen LogP contribution in [-0.4, -0.2) is 42.1 Å². The summed E-state index contributed by atoms with van der Waals surface area (Å²) in [4.78, 5) is 28.2. The molecule has 1 aromatic carbocycles. The van der Waals surface area contributed by atoms with E-state index in [1.165, 1.54) is 0 Å². The molecule has 1 aliphatic heterocycles. The van der Waals surface area contributed by atoms with Crippen LogP contribution in [0.1, 0.15) is 27.2 Å². The lowest BCUT2D eigenvalue weighted by molar-refractivity contribution is -0.154. The van der Waals surface area contributed by atoms with Gasteiger partial charge in [0.15, 0.2) is 0 Å². The number of benzene rings is 1. The Labute approximate surface area is 125 Å². The monoisotopic (exact) mass is 290 g/mol. The first kappa shape index (κ1) is 15.4. The SMILES string of the molecule is CCOC(=O)C(C)(C)N1CCCN(c2ccccc2)C1=O. The minimum absolute atomic E-state index is 0.148. The van der Waals surface area contributed by atoms with Crippen molar-refractivity contribution in [2.45, 2.75) is 32.7 Å². The molecule has 1 heterocycles. The molecule has 1 saturated heterocycles. The number of carbonyl (C=O) groups excluding carboxylic acids is 2. The zero-order valence-corrected chi connectivity index (χ0v) is 12.8. The summed E-state index contributed by atoms with van der Waals surface area (Å²) in [6, 6.07) is 9.37. The van der Waals surface area contributed by atoms with Crippen molar-refractivity contribution >= 4 is 17.7 Å². The first-order valence-electron chi connectivity index (χ1n) is 7.30.